The summed E-state index contributed by atoms with van der Waals surface area (Å²) in [5.41, 5.74) is 2.12. The Morgan fingerprint density at radius 2 is 1.63 bits per heavy atom. The molecule has 0 aliphatic carbocycles. The predicted molar refractivity (Wildman–Crippen MR) is 115 cm³/mol. The fourth-order valence-electron chi connectivity index (χ4n) is 2.80. The third-order valence-corrected chi connectivity index (χ3v) is 6.30. The molecule has 2 N–H and O–H groups in total. The summed E-state index contributed by atoms with van der Waals surface area (Å²) in [6.07, 6.45) is 0. The summed E-state index contributed by atoms with van der Waals surface area (Å²) in [7, 11) is -3.95. The molecule has 0 aliphatic heterocycles. The van der Waals surface area contributed by atoms with Crippen LogP contribution in [-0.2, 0) is 10.0 Å². The Morgan fingerprint density at radius 1 is 1.04 bits per heavy atom. The van der Waals surface area contributed by atoms with Gasteiger partial charge in [0.2, 0.25) is 13.8 Å². The molecule has 10 heteroatoms. The van der Waals surface area contributed by atoms with Crippen LogP contribution in [0.3, 0.4) is 0 Å². The van der Waals surface area contributed by atoms with Crippen LogP contribution < -0.4 is 4.72 Å². The average molecular weight is 489 g/mol. The molecule has 0 fully saturated rings. The number of nitrogens with one attached hydrogen (secondary N) is 2. The van der Waals surface area contributed by atoms with Gasteiger partial charge in [0.15, 0.2) is 0 Å². The second-order valence-corrected chi connectivity index (χ2v) is 10.3. The minimum Gasteiger partial charge on any atom is -0.358 e. The van der Waals surface area contributed by atoms with E-state index >= 15 is 0 Å². The number of alkyl halides is 3. The smallest absolute Gasteiger partial charge is 0.241 e. The molecule has 1 atom stereocenters. The van der Waals surface area contributed by atoms with E-state index in [-0.39, 0.29) is 17.3 Å². The number of aromatic nitrogens is 1. The van der Waals surface area contributed by atoms with Crippen molar-refractivity contribution >= 4 is 79.7 Å². The normalized spacial score (nSPS) is 13.4. The van der Waals surface area contributed by atoms with E-state index in [0.29, 0.717) is 16.3 Å². The van der Waals surface area contributed by atoms with Crippen molar-refractivity contribution in [1.82, 2.24) is 9.71 Å². The van der Waals surface area contributed by atoms with Crippen LogP contribution in [0.25, 0.3) is 10.9 Å². The second kappa shape index (κ2) is 8.37. The topological polar surface area (TPSA) is 62.0 Å². The first-order valence-corrected chi connectivity index (χ1v) is 10.5. The van der Waals surface area contributed by atoms with Gasteiger partial charge in [-0.25, -0.2) is 8.42 Å². The molecule has 4 nitrogen and oxygen atoms in total. The minimum absolute atomic E-state index is 0. The van der Waals surface area contributed by atoms with Gasteiger partial charge < -0.3 is 4.98 Å². The molecule has 3 aromatic rings. The standard InChI is InChI=1S/C17H14Cl4N2O2S.ClH/c1-10-15(13-4-2-3-5-14(13)22-10)16(17(19,20)21)23-26(24,25)12-8-6-11(18)7-9-12;/h2-9,16,22-23H,1H3;1H. The lowest BCUT2D eigenvalue weighted by molar-refractivity contribution is 0.558. The summed E-state index contributed by atoms with van der Waals surface area (Å²) in [5.74, 6) is 0. The van der Waals surface area contributed by atoms with Gasteiger partial charge in [-0.2, -0.15) is 4.72 Å². The molecule has 1 heterocycles. The average Bonchev–Trinajstić information content (AvgIpc) is 2.87. The highest BCUT2D eigenvalue weighted by molar-refractivity contribution is 7.89. The van der Waals surface area contributed by atoms with E-state index < -0.39 is 19.9 Å². The van der Waals surface area contributed by atoms with E-state index in [2.05, 4.69) is 9.71 Å². The number of aryl methyl sites for hydroxylation is 1. The molecule has 0 radical (unpaired) electrons. The van der Waals surface area contributed by atoms with Crippen molar-refractivity contribution in [3.63, 3.8) is 0 Å². The zero-order valence-corrected chi connectivity index (χ0v) is 18.5. The lowest BCUT2D eigenvalue weighted by atomic mass is 10.0. The predicted octanol–water partition coefficient (Wildman–Crippen LogP) is 5.94. The van der Waals surface area contributed by atoms with Crippen molar-refractivity contribution in [3.8, 4) is 0 Å². The third kappa shape index (κ3) is 4.85. The maximum atomic E-state index is 12.8. The lowest BCUT2D eigenvalue weighted by Crippen LogP contribution is -2.36. The Morgan fingerprint density at radius 3 is 2.22 bits per heavy atom. The van der Waals surface area contributed by atoms with Crippen molar-refractivity contribution in [1.29, 1.82) is 0 Å². The minimum atomic E-state index is -3.95. The zero-order valence-electron chi connectivity index (χ0n) is 13.8. The van der Waals surface area contributed by atoms with Crippen molar-refractivity contribution in [3.05, 3.63) is 64.8 Å². The van der Waals surface area contributed by atoms with E-state index in [4.69, 9.17) is 46.4 Å². The molecule has 0 saturated carbocycles. The third-order valence-electron chi connectivity index (χ3n) is 3.96. The molecule has 0 saturated heterocycles. The van der Waals surface area contributed by atoms with Gasteiger partial charge in [0.25, 0.3) is 0 Å². The number of aromatic amines is 1. The van der Waals surface area contributed by atoms with E-state index in [0.717, 1.165) is 10.9 Å². The molecule has 0 amide bonds. The number of benzene rings is 2. The van der Waals surface area contributed by atoms with Crippen LogP contribution in [0.5, 0.6) is 0 Å². The molecule has 146 valence electrons. The van der Waals surface area contributed by atoms with Crippen molar-refractivity contribution in [2.75, 3.05) is 0 Å². The van der Waals surface area contributed by atoms with Crippen LogP contribution in [0.4, 0.5) is 0 Å². The van der Waals surface area contributed by atoms with Gasteiger partial charge >= 0.3 is 0 Å². The van der Waals surface area contributed by atoms with Gasteiger partial charge in [-0.05, 0) is 37.3 Å². The summed E-state index contributed by atoms with van der Waals surface area (Å²) in [6, 6.07) is 12.1. The second-order valence-electron chi connectivity index (χ2n) is 5.76. The summed E-state index contributed by atoms with van der Waals surface area (Å²) in [6.45, 7) is 1.80. The summed E-state index contributed by atoms with van der Waals surface area (Å²) >= 11 is 24.3. The van der Waals surface area contributed by atoms with Crippen LogP contribution in [0.15, 0.2) is 53.4 Å². The Bertz CT molecular complexity index is 1040. The van der Waals surface area contributed by atoms with E-state index in [9.17, 15) is 8.42 Å². The van der Waals surface area contributed by atoms with Gasteiger partial charge in [0, 0.05) is 27.2 Å². The summed E-state index contributed by atoms with van der Waals surface area (Å²) < 4.78 is 26.2. The highest BCUT2D eigenvalue weighted by Gasteiger charge is 2.39. The Hall–Kier alpha value is -0.660. The van der Waals surface area contributed by atoms with Gasteiger partial charge in [0.05, 0.1) is 10.9 Å². The Kier molecular flexibility index (Phi) is 7.02. The highest BCUT2D eigenvalue weighted by Crippen LogP contribution is 2.44. The fraction of sp³-hybridized carbons (Fsp3) is 0.176. The zero-order chi connectivity index (χ0) is 19.1. The van der Waals surface area contributed by atoms with Crippen molar-refractivity contribution < 1.29 is 8.42 Å². The molecule has 1 aromatic heterocycles. The molecule has 0 aliphatic rings. The fourth-order valence-corrected chi connectivity index (χ4v) is 4.84. The number of sulfonamides is 1. The number of para-hydroxylation sites is 1. The van der Waals surface area contributed by atoms with Gasteiger partial charge in [-0.15, -0.1) is 12.4 Å². The van der Waals surface area contributed by atoms with Gasteiger partial charge in [-0.3, -0.25) is 0 Å². The first-order valence-electron chi connectivity index (χ1n) is 7.51. The maximum absolute atomic E-state index is 12.8. The van der Waals surface area contributed by atoms with Crippen LogP contribution in [0, 0.1) is 6.92 Å². The molecule has 0 spiro atoms. The number of rotatable bonds is 4. The first-order chi connectivity index (χ1) is 12.1. The van der Waals surface area contributed by atoms with Gasteiger partial charge in [-0.1, -0.05) is 64.6 Å². The quantitative estimate of drug-likeness (QED) is 0.447. The van der Waals surface area contributed by atoms with E-state index in [1.807, 2.05) is 24.3 Å². The monoisotopic (exact) mass is 486 g/mol. The molecule has 0 bridgehead atoms. The van der Waals surface area contributed by atoms with Crippen molar-refractivity contribution in [2.45, 2.75) is 21.7 Å². The number of H-pyrrole nitrogens is 1. The number of halogens is 5. The van der Waals surface area contributed by atoms with E-state index in [1.165, 1.54) is 24.3 Å². The molecule has 1 unspecified atom stereocenters. The molecular weight excluding hydrogens is 474 g/mol. The number of hydrogen-bond acceptors (Lipinski definition) is 2. The number of fused-ring (bicyclic) bond motifs is 1. The van der Waals surface area contributed by atoms with Crippen LogP contribution in [-0.4, -0.2) is 17.2 Å². The lowest BCUT2D eigenvalue weighted by Gasteiger charge is -2.26. The molecule has 2 aromatic carbocycles. The van der Waals surface area contributed by atoms with Crippen LogP contribution in [0.1, 0.15) is 17.3 Å². The van der Waals surface area contributed by atoms with Gasteiger partial charge in [0.1, 0.15) is 0 Å². The van der Waals surface area contributed by atoms with Crippen LogP contribution in [0.2, 0.25) is 5.02 Å². The van der Waals surface area contributed by atoms with Crippen LogP contribution >= 0.6 is 58.8 Å². The number of hydrogen-bond donors (Lipinski definition) is 2. The Labute approximate surface area is 183 Å². The Balaban J connectivity index is 0.00000261. The summed E-state index contributed by atoms with van der Waals surface area (Å²) in [5, 5.41) is 1.20. The SMILES string of the molecule is Cc1[nH]c2ccccc2c1C(NS(=O)(=O)c1ccc(Cl)cc1)C(Cl)(Cl)Cl.Cl. The molecular formula is C17H15Cl5N2O2S. The largest absolute Gasteiger partial charge is 0.358 e. The molecule has 27 heavy (non-hydrogen) atoms. The highest BCUT2D eigenvalue weighted by atomic mass is 35.6. The first kappa shape index (κ1) is 22.6. The molecule has 3 rings (SSSR count). The maximum Gasteiger partial charge on any atom is 0.241 e. The summed E-state index contributed by atoms with van der Waals surface area (Å²) in [4.78, 5) is 3.21. The van der Waals surface area contributed by atoms with Crippen molar-refractivity contribution in [2.24, 2.45) is 0 Å². The van der Waals surface area contributed by atoms with E-state index in [1.54, 1.807) is 6.92 Å².